The van der Waals surface area contributed by atoms with Crippen molar-refractivity contribution in [2.24, 2.45) is 17.3 Å². The summed E-state index contributed by atoms with van der Waals surface area (Å²) < 4.78 is 0. The number of β-amino-alcohol motifs (C(OH)–C–C–N with tert-alkyl or cyclic N) is 1. The number of hydrogen-bond donors (Lipinski definition) is 1. The second kappa shape index (κ2) is 5.38. The Balaban J connectivity index is 1.63. The summed E-state index contributed by atoms with van der Waals surface area (Å²) >= 11 is 0. The molecule has 1 aliphatic heterocycles. The number of rotatable bonds is 3. The summed E-state index contributed by atoms with van der Waals surface area (Å²) in [5.41, 5.74) is 1.08. The Bertz CT molecular complexity index is 558. The Labute approximate surface area is 132 Å². The van der Waals surface area contributed by atoms with E-state index >= 15 is 0 Å². The fraction of sp³-hybridized carbons (Fsp3) is 0.632. The molecule has 1 N–H and O–H groups in total. The zero-order valence-corrected chi connectivity index (χ0v) is 13.1. The van der Waals surface area contributed by atoms with Gasteiger partial charge in [-0.1, -0.05) is 36.8 Å². The first kappa shape index (κ1) is 14.3. The Hall–Kier alpha value is -1.35. The molecule has 3 aliphatic rings. The van der Waals surface area contributed by atoms with E-state index in [0.29, 0.717) is 18.4 Å². The highest BCUT2D eigenvalue weighted by molar-refractivity contribution is 5.84. The van der Waals surface area contributed by atoms with Crippen LogP contribution in [0.2, 0.25) is 0 Å². The molecule has 3 unspecified atom stereocenters. The van der Waals surface area contributed by atoms with Gasteiger partial charge in [0, 0.05) is 13.1 Å². The largest absolute Gasteiger partial charge is 0.391 e. The minimum absolute atomic E-state index is 0.200. The van der Waals surface area contributed by atoms with Crippen LogP contribution in [0.4, 0.5) is 0 Å². The normalized spacial score (nSPS) is 37.0. The van der Waals surface area contributed by atoms with Crippen LogP contribution in [0.1, 0.15) is 37.7 Å². The summed E-state index contributed by atoms with van der Waals surface area (Å²) in [6, 6.07) is 10.5. The quantitative estimate of drug-likeness (QED) is 0.932. The molecule has 118 valence electrons. The van der Waals surface area contributed by atoms with Crippen molar-refractivity contribution < 1.29 is 9.90 Å². The first-order valence-electron chi connectivity index (χ1n) is 8.69. The van der Waals surface area contributed by atoms with Crippen LogP contribution in [0.5, 0.6) is 0 Å². The summed E-state index contributed by atoms with van der Waals surface area (Å²) in [7, 11) is 0. The highest BCUT2D eigenvalue weighted by Gasteiger charge is 2.56. The number of benzene rings is 1. The minimum Gasteiger partial charge on any atom is -0.391 e. The topological polar surface area (TPSA) is 40.5 Å². The summed E-state index contributed by atoms with van der Waals surface area (Å²) in [6.45, 7) is 1.26. The van der Waals surface area contributed by atoms with Crippen LogP contribution in [-0.2, 0) is 11.2 Å². The number of fused-ring (bicyclic) bond motifs is 2. The third kappa shape index (κ3) is 2.26. The van der Waals surface area contributed by atoms with Crippen molar-refractivity contribution in [3.05, 3.63) is 35.9 Å². The Morgan fingerprint density at radius 2 is 2.05 bits per heavy atom. The molecule has 0 radical (unpaired) electrons. The van der Waals surface area contributed by atoms with Crippen molar-refractivity contribution in [1.29, 1.82) is 0 Å². The molecule has 1 aromatic rings. The van der Waals surface area contributed by atoms with Crippen LogP contribution >= 0.6 is 0 Å². The highest BCUT2D eigenvalue weighted by Crippen LogP contribution is 2.58. The number of amides is 1. The lowest BCUT2D eigenvalue weighted by Crippen LogP contribution is -2.47. The monoisotopic (exact) mass is 299 g/mol. The molecular formula is C19H25NO2. The standard InChI is InChI=1S/C19H25NO2/c21-17-8-9-20(13-17)18(22)19(11-14-4-2-1-3-5-14)12-15-6-7-16(19)10-15/h1-5,15-17,21H,6-13H2/t15?,16?,17-,19?/m0/s1. The second-order valence-corrected chi connectivity index (χ2v) is 7.59. The first-order valence-corrected chi connectivity index (χ1v) is 8.69. The van der Waals surface area contributed by atoms with Gasteiger partial charge in [0.15, 0.2) is 0 Å². The van der Waals surface area contributed by atoms with Gasteiger partial charge in [0.25, 0.3) is 0 Å². The first-order chi connectivity index (χ1) is 10.7. The van der Waals surface area contributed by atoms with Gasteiger partial charge in [-0.3, -0.25) is 4.79 Å². The summed E-state index contributed by atoms with van der Waals surface area (Å²) in [5.74, 6) is 1.60. The number of hydrogen-bond acceptors (Lipinski definition) is 2. The number of aliphatic hydroxyl groups is 1. The van der Waals surface area contributed by atoms with Gasteiger partial charge in [-0.15, -0.1) is 0 Å². The van der Waals surface area contributed by atoms with Crippen molar-refractivity contribution in [2.45, 2.75) is 44.6 Å². The van der Waals surface area contributed by atoms with E-state index in [0.717, 1.165) is 31.7 Å². The molecule has 1 heterocycles. The lowest BCUT2D eigenvalue weighted by Gasteiger charge is -2.39. The van der Waals surface area contributed by atoms with E-state index in [1.165, 1.54) is 24.8 Å². The molecule has 2 saturated carbocycles. The molecule has 3 nitrogen and oxygen atoms in total. The predicted molar refractivity (Wildman–Crippen MR) is 85.2 cm³/mol. The number of carbonyl (C=O) groups is 1. The van der Waals surface area contributed by atoms with Crippen LogP contribution < -0.4 is 0 Å². The van der Waals surface area contributed by atoms with E-state index in [4.69, 9.17) is 0 Å². The molecular weight excluding hydrogens is 274 g/mol. The third-order valence-corrected chi connectivity index (χ3v) is 6.21. The zero-order valence-electron chi connectivity index (χ0n) is 13.1. The van der Waals surface area contributed by atoms with E-state index in [2.05, 4.69) is 24.3 Å². The van der Waals surface area contributed by atoms with Gasteiger partial charge in [0.2, 0.25) is 5.91 Å². The molecule has 4 atom stereocenters. The lowest BCUT2D eigenvalue weighted by atomic mass is 9.68. The van der Waals surface area contributed by atoms with Crippen LogP contribution in [0.25, 0.3) is 0 Å². The molecule has 1 amide bonds. The van der Waals surface area contributed by atoms with Crippen molar-refractivity contribution in [2.75, 3.05) is 13.1 Å². The van der Waals surface area contributed by atoms with Gasteiger partial charge in [-0.25, -0.2) is 0 Å². The smallest absolute Gasteiger partial charge is 0.229 e. The van der Waals surface area contributed by atoms with Gasteiger partial charge in [0.05, 0.1) is 11.5 Å². The maximum absolute atomic E-state index is 13.3. The van der Waals surface area contributed by atoms with E-state index in [1.807, 2.05) is 11.0 Å². The fourth-order valence-electron chi connectivity index (χ4n) is 5.20. The van der Waals surface area contributed by atoms with Crippen molar-refractivity contribution in [1.82, 2.24) is 4.90 Å². The summed E-state index contributed by atoms with van der Waals surface area (Å²) in [6.07, 6.45) is 6.09. The van der Waals surface area contributed by atoms with Gasteiger partial charge in [-0.05, 0) is 49.5 Å². The maximum Gasteiger partial charge on any atom is 0.229 e. The summed E-state index contributed by atoms with van der Waals surface area (Å²) in [4.78, 5) is 15.3. The molecule has 1 aromatic carbocycles. The van der Waals surface area contributed by atoms with Crippen molar-refractivity contribution in [3.8, 4) is 0 Å². The molecule has 0 spiro atoms. The molecule has 3 heteroatoms. The number of aliphatic hydroxyl groups excluding tert-OH is 1. The van der Waals surface area contributed by atoms with Gasteiger partial charge >= 0.3 is 0 Å². The average Bonchev–Trinajstić information content (AvgIpc) is 3.23. The van der Waals surface area contributed by atoms with Gasteiger partial charge in [0.1, 0.15) is 0 Å². The maximum atomic E-state index is 13.3. The van der Waals surface area contributed by atoms with Crippen molar-refractivity contribution in [3.63, 3.8) is 0 Å². The van der Waals surface area contributed by atoms with Crippen LogP contribution in [0, 0.1) is 17.3 Å². The minimum atomic E-state index is -0.323. The molecule has 2 aliphatic carbocycles. The highest BCUT2D eigenvalue weighted by atomic mass is 16.3. The second-order valence-electron chi connectivity index (χ2n) is 7.59. The molecule has 0 aromatic heterocycles. The molecule has 22 heavy (non-hydrogen) atoms. The van der Waals surface area contributed by atoms with Crippen LogP contribution in [-0.4, -0.2) is 35.1 Å². The van der Waals surface area contributed by atoms with E-state index in [-0.39, 0.29) is 11.5 Å². The number of carbonyl (C=O) groups excluding carboxylic acids is 1. The average molecular weight is 299 g/mol. The Kier molecular flexibility index (Phi) is 3.48. The molecule has 1 saturated heterocycles. The van der Waals surface area contributed by atoms with E-state index < -0.39 is 0 Å². The third-order valence-electron chi connectivity index (χ3n) is 6.21. The fourth-order valence-corrected chi connectivity index (χ4v) is 5.20. The van der Waals surface area contributed by atoms with E-state index in [9.17, 15) is 9.90 Å². The number of likely N-dealkylation sites (tertiary alicyclic amines) is 1. The molecule has 2 bridgehead atoms. The summed E-state index contributed by atoms with van der Waals surface area (Å²) in [5, 5.41) is 9.80. The SMILES string of the molecule is O=C(N1CC[C@H](O)C1)C1(Cc2ccccc2)CC2CCC1C2. The Morgan fingerprint density at radius 3 is 2.64 bits per heavy atom. The van der Waals surface area contributed by atoms with Gasteiger partial charge in [-0.2, -0.15) is 0 Å². The molecule has 3 fully saturated rings. The van der Waals surface area contributed by atoms with E-state index in [1.54, 1.807) is 0 Å². The molecule has 4 rings (SSSR count). The van der Waals surface area contributed by atoms with Crippen LogP contribution in [0.3, 0.4) is 0 Å². The van der Waals surface area contributed by atoms with Crippen LogP contribution in [0.15, 0.2) is 30.3 Å². The van der Waals surface area contributed by atoms with Gasteiger partial charge < -0.3 is 10.0 Å². The Morgan fingerprint density at radius 1 is 1.23 bits per heavy atom. The lowest BCUT2D eigenvalue weighted by molar-refractivity contribution is -0.144. The number of nitrogens with zero attached hydrogens (tertiary/aromatic N) is 1. The predicted octanol–water partition coefficient (Wildman–Crippen LogP) is 2.63. The van der Waals surface area contributed by atoms with Crippen molar-refractivity contribution >= 4 is 5.91 Å². The zero-order chi connectivity index (χ0) is 15.2.